The zero-order chi connectivity index (χ0) is 14.0. The maximum Gasteiger partial charge on any atom is 0.255 e. The van der Waals surface area contributed by atoms with Gasteiger partial charge in [0.25, 0.3) is 5.91 Å². The molecule has 0 fully saturated rings. The van der Waals surface area contributed by atoms with Crippen LogP contribution in [0.3, 0.4) is 0 Å². The molecule has 5 heteroatoms. The van der Waals surface area contributed by atoms with Crippen LogP contribution in [-0.4, -0.2) is 5.91 Å². The van der Waals surface area contributed by atoms with E-state index in [1.807, 2.05) is 25.1 Å². The molecule has 0 spiro atoms. The lowest BCUT2D eigenvalue weighted by Gasteiger charge is -2.09. The monoisotopic (exact) mass is 322 g/mol. The molecular weight excluding hydrogens is 311 g/mol. The number of nitrogens with two attached hydrogens (primary N) is 1. The van der Waals surface area contributed by atoms with Gasteiger partial charge in [-0.15, -0.1) is 0 Å². The van der Waals surface area contributed by atoms with Gasteiger partial charge in [0.2, 0.25) is 0 Å². The fourth-order valence-electron chi connectivity index (χ4n) is 1.61. The normalized spacial score (nSPS) is 10.3. The highest BCUT2D eigenvalue weighted by atomic mass is 79.9. The molecule has 0 bridgehead atoms. The Balaban J connectivity index is 2.25. The quantitative estimate of drug-likeness (QED) is 0.828. The van der Waals surface area contributed by atoms with Crippen molar-refractivity contribution in [2.75, 3.05) is 11.1 Å². The van der Waals surface area contributed by atoms with Crippen LogP contribution >= 0.6 is 15.9 Å². The number of rotatable bonds is 2. The number of nitrogens with one attached hydrogen (secondary N) is 1. The molecule has 0 heterocycles. The molecule has 0 saturated heterocycles. The predicted molar refractivity (Wildman–Crippen MR) is 77.6 cm³/mol. The molecule has 2 aromatic carbocycles. The van der Waals surface area contributed by atoms with Crippen molar-refractivity contribution in [2.24, 2.45) is 0 Å². The van der Waals surface area contributed by atoms with Crippen LogP contribution in [-0.2, 0) is 0 Å². The molecule has 98 valence electrons. The van der Waals surface area contributed by atoms with Crippen molar-refractivity contribution in [1.29, 1.82) is 0 Å². The predicted octanol–water partition coefficient (Wildman–Crippen LogP) is 3.73. The Hall–Kier alpha value is -1.88. The molecule has 0 radical (unpaired) electrons. The number of anilines is 2. The van der Waals surface area contributed by atoms with Gasteiger partial charge in [-0.25, -0.2) is 4.39 Å². The molecule has 0 aliphatic heterocycles. The summed E-state index contributed by atoms with van der Waals surface area (Å²) in [6.07, 6.45) is 0. The van der Waals surface area contributed by atoms with E-state index in [1.165, 1.54) is 18.2 Å². The molecule has 0 saturated carbocycles. The molecule has 0 aliphatic carbocycles. The second kappa shape index (κ2) is 5.40. The van der Waals surface area contributed by atoms with E-state index in [1.54, 1.807) is 0 Å². The Bertz CT molecular complexity index is 643. The van der Waals surface area contributed by atoms with Gasteiger partial charge >= 0.3 is 0 Å². The first-order valence-corrected chi connectivity index (χ1v) is 6.39. The fraction of sp³-hybridized carbons (Fsp3) is 0.0714. The van der Waals surface area contributed by atoms with Gasteiger partial charge in [0.1, 0.15) is 5.82 Å². The zero-order valence-electron chi connectivity index (χ0n) is 10.2. The maximum absolute atomic E-state index is 13.0. The third-order valence-electron chi connectivity index (χ3n) is 2.63. The van der Waals surface area contributed by atoms with Crippen LogP contribution in [0.15, 0.2) is 40.9 Å². The Morgan fingerprint density at radius 1 is 1.26 bits per heavy atom. The summed E-state index contributed by atoms with van der Waals surface area (Å²) in [4.78, 5) is 12.0. The Morgan fingerprint density at radius 2 is 2.00 bits per heavy atom. The summed E-state index contributed by atoms with van der Waals surface area (Å²) in [5, 5.41) is 2.75. The van der Waals surface area contributed by atoms with Gasteiger partial charge in [-0.3, -0.25) is 4.79 Å². The maximum atomic E-state index is 13.0. The third-order valence-corrected chi connectivity index (χ3v) is 3.32. The van der Waals surface area contributed by atoms with E-state index in [0.29, 0.717) is 11.3 Å². The number of carbonyl (C=O) groups excluding carboxylic acids is 1. The van der Waals surface area contributed by atoms with Crippen molar-refractivity contribution in [3.05, 3.63) is 57.8 Å². The first-order chi connectivity index (χ1) is 8.97. The van der Waals surface area contributed by atoms with Crippen LogP contribution in [0.5, 0.6) is 0 Å². The largest absolute Gasteiger partial charge is 0.396 e. The molecular formula is C14H12BrFN2O. The minimum absolute atomic E-state index is 0.0454. The molecule has 2 aromatic rings. The highest BCUT2D eigenvalue weighted by molar-refractivity contribution is 9.10. The summed E-state index contributed by atoms with van der Waals surface area (Å²) >= 11 is 3.36. The standard InChI is InChI=1S/C14H12BrFN2O/c1-8-2-4-10(15)13(6-8)18-14(19)9-3-5-11(16)12(17)7-9/h2-7H,17H2,1H3,(H,18,19). The molecule has 0 atom stereocenters. The fourth-order valence-corrected chi connectivity index (χ4v) is 1.96. The smallest absolute Gasteiger partial charge is 0.255 e. The Morgan fingerprint density at radius 3 is 2.68 bits per heavy atom. The van der Waals surface area contributed by atoms with Crippen molar-refractivity contribution in [3.8, 4) is 0 Å². The number of carbonyl (C=O) groups is 1. The lowest BCUT2D eigenvalue weighted by Crippen LogP contribution is -2.13. The minimum atomic E-state index is -0.534. The van der Waals surface area contributed by atoms with Crippen LogP contribution in [0.2, 0.25) is 0 Å². The number of hydrogen-bond acceptors (Lipinski definition) is 2. The number of benzene rings is 2. The molecule has 2 rings (SSSR count). The SMILES string of the molecule is Cc1ccc(Br)c(NC(=O)c2ccc(F)c(N)c2)c1. The Labute approximate surface area is 118 Å². The first kappa shape index (κ1) is 13.5. The van der Waals surface area contributed by atoms with E-state index in [0.717, 1.165) is 10.0 Å². The highest BCUT2D eigenvalue weighted by Crippen LogP contribution is 2.24. The van der Waals surface area contributed by atoms with Crippen molar-refractivity contribution < 1.29 is 9.18 Å². The molecule has 19 heavy (non-hydrogen) atoms. The van der Waals surface area contributed by atoms with Gasteiger partial charge in [-0.2, -0.15) is 0 Å². The summed E-state index contributed by atoms with van der Waals surface area (Å²) in [7, 11) is 0. The molecule has 1 amide bonds. The zero-order valence-corrected chi connectivity index (χ0v) is 11.8. The number of nitrogen functional groups attached to an aromatic ring is 1. The van der Waals surface area contributed by atoms with E-state index < -0.39 is 5.82 Å². The summed E-state index contributed by atoms with van der Waals surface area (Å²) in [6, 6.07) is 9.50. The topological polar surface area (TPSA) is 55.1 Å². The van der Waals surface area contributed by atoms with Crippen LogP contribution < -0.4 is 11.1 Å². The van der Waals surface area contributed by atoms with Gasteiger partial charge < -0.3 is 11.1 Å². The van der Waals surface area contributed by atoms with Gasteiger partial charge in [-0.1, -0.05) is 6.07 Å². The second-order valence-electron chi connectivity index (χ2n) is 4.17. The first-order valence-electron chi connectivity index (χ1n) is 5.60. The molecule has 0 unspecified atom stereocenters. The Kier molecular flexibility index (Phi) is 3.85. The molecule has 0 aliphatic rings. The van der Waals surface area contributed by atoms with Crippen molar-refractivity contribution in [1.82, 2.24) is 0 Å². The number of aryl methyl sites for hydroxylation is 1. The average Bonchev–Trinajstić information content (AvgIpc) is 2.37. The van der Waals surface area contributed by atoms with Gasteiger partial charge in [0.15, 0.2) is 0 Å². The van der Waals surface area contributed by atoms with E-state index in [4.69, 9.17) is 5.73 Å². The summed E-state index contributed by atoms with van der Waals surface area (Å²) in [5.74, 6) is -0.869. The lowest BCUT2D eigenvalue weighted by molar-refractivity contribution is 0.102. The van der Waals surface area contributed by atoms with E-state index in [9.17, 15) is 9.18 Å². The minimum Gasteiger partial charge on any atom is -0.396 e. The van der Waals surface area contributed by atoms with Crippen molar-refractivity contribution >= 4 is 33.2 Å². The van der Waals surface area contributed by atoms with Crippen molar-refractivity contribution in [2.45, 2.75) is 6.92 Å². The number of hydrogen-bond donors (Lipinski definition) is 2. The van der Waals surface area contributed by atoms with Crippen molar-refractivity contribution in [3.63, 3.8) is 0 Å². The van der Waals surface area contributed by atoms with Gasteiger partial charge in [0.05, 0.1) is 11.4 Å². The second-order valence-corrected chi connectivity index (χ2v) is 5.03. The van der Waals surface area contributed by atoms with Crippen LogP contribution in [0.25, 0.3) is 0 Å². The van der Waals surface area contributed by atoms with E-state index in [-0.39, 0.29) is 11.6 Å². The van der Waals surface area contributed by atoms with E-state index >= 15 is 0 Å². The highest BCUT2D eigenvalue weighted by Gasteiger charge is 2.10. The molecule has 0 aromatic heterocycles. The average molecular weight is 323 g/mol. The lowest BCUT2D eigenvalue weighted by atomic mass is 10.1. The van der Waals surface area contributed by atoms with Gasteiger partial charge in [0, 0.05) is 10.0 Å². The van der Waals surface area contributed by atoms with E-state index in [2.05, 4.69) is 21.2 Å². The molecule has 3 nitrogen and oxygen atoms in total. The molecule has 3 N–H and O–H groups in total. The van der Waals surface area contributed by atoms with Gasteiger partial charge in [-0.05, 0) is 58.7 Å². The number of halogens is 2. The third kappa shape index (κ3) is 3.12. The summed E-state index contributed by atoms with van der Waals surface area (Å²) < 4.78 is 13.8. The van der Waals surface area contributed by atoms with Crippen LogP contribution in [0.1, 0.15) is 15.9 Å². The number of amides is 1. The van der Waals surface area contributed by atoms with Crippen LogP contribution in [0, 0.1) is 12.7 Å². The summed E-state index contributed by atoms with van der Waals surface area (Å²) in [6.45, 7) is 1.93. The van der Waals surface area contributed by atoms with Crippen LogP contribution in [0.4, 0.5) is 15.8 Å². The summed E-state index contributed by atoms with van der Waals surface area (Å²) in [5.41, 5.74) is 7.39.